The van der Waals surface area contributed by atoms with Crippen molar-refractivity contribution in [1.29, 1.82) is 0 Å². The van der Waals surface area contributed by atoms with Gasteiger partial charge in [-0.15, -0.1) is 0 Å². The predicted octanol–water partition coefficient (Wildman–Crippen LogP) is 1.84. The van der Waals surface area contributed by atoms with Gasteiger partial charge in [-0.05, 0) is 72.9 Å². The molecule has 0 saturated carbocycles. The molecule has 2 heterocycles. The summed E-state index contributed by atoms with van der Waals surface area (Å²) in [4.78, 5) is 18.3. The third kappa shape index (κ3) is 4.85. The van der Waals surface area contributed by atoms with Crippen LogP contribution in [-0.4, -0.2) is 42.0 Å². The second-order valence-corrected chi connectivity index (χ2v) is 6.12. The van der Waals surface area contributed by atoms with Gasteiger partial charge >= 0.3 is 0 Å². The summed E-state index contributed by atoms with van der Waals surface area (Å²) in [6.45, 7) is 3.16. The van der Waals surface area contributed by atoms with Crippen LogP contribution in [0.25, 0.3) is 0 Å². The molecule has 1 aliphatic rings. The first-order valence-electron chi connectivity index (χ1n) is 7.01. The lowest BCUT2D eigenvalue weighted by molar-refractivity contribution is -0.117. The van der Waals surface area contributed by atoms with Crippen molar-refractivity contribution >= 4 is 27.7 Å². The van der Waals surface area contributed by atoms with E-state index < -0.39 is 0 Å². The summed E-state index contributed by atoms with van der Waals surface area (Å²) >= 11 is 3.32. The molecule has 0 aliphatic carbocycles. The molecule has 0 atom stereocenters. The minimum atomic E-state index is -0.00269. The maximum atomic E-state index is 11.9. The SMILES string of the molecule is NCCC1CCN(CC(=O)Nc2ccc(Br)cn2)CC1. The van der Waals surface area contributed by atoms with E-state index in [4.69, 9.17) is 5.73 Å². The normalized spacial score (nSPS) is 17.1. The standard InChI is InChI=1S/C14H21BrN4O/c15-12-1-2-13(17-9-12)18-14(20)10-19-7-4-11(3-6-16)5-8-19/h1-2,9,11H,3-8,10,16H2,(H,17,18,20). The third-order valence-corrected chi connectivity index (χ3v) is 4.11. The maximum Gasteiger partial charge on any atom is 0.239 e. The lowest BCUT2D eigenvalue weighted by Crippen LogP contribution is -2.39. The molecule has 2 rings (SSSR count). The predicted molar refractivity (Wildman–Crippen MR) is 83.4 cm³/mol. The Kier molecular flexibility index (Phi) is 5.94. The van der Waals surface area contributed by atoms with E-state index in [0.29, 0.717) is 12.4 Å². The summed E-state index contributed by atoms with van der Waals surface area (Å²) in [7, 11) is 0. The molecule has 5 nitrogen and oxygen atoms in total. The van der Waals surface area contributed by atoms with Crippen LogP contribution in [-0.2, 0) is 4.79 Å². The first kappa shape index (κ1) is 15.4. The number of hydrogen-bond acceptors (Lipinski definition) is 4. The Bertz CT molecular complexity index is 429. The minimum absolute atomic E-state index is 0.00269. The molecule has 0 bridgehead atoms. The highest BCUT2D eigenvalue weighted by Crippen LogP contribution is 2.19. The van der Waals surface area contributed by atoms with Crippen LogP contribution in [0.5, 0.6) is 0 Å². The van der Waals surface area contributed by atoms with Gasteiger partial charge in [0.15, 0.2) is 0 Å². The summed E-state index contributed by atoms with van der Waals surface area (Å²) in [6, 6.07) is 3.65. The number of piperidine rings is 1. The van der Waals surface area contributed by atoms with Gasteiger partial charge in [0, 0.05) is 10.7 Å². The van der Waals surface area contributed by atoms with E-state index in [1.807, 2.05) is 6.07 Å². The number of rotatable bonds is 5. The van der Waals surface area contributed by atoms with Crippen molar-refractivity contribution in [1.82, 2.24) is 9.88 Å². The topological polar surface area (TPSA) is 71.2 Å². The van der Waals surface area contributed by atoms with Crippen molar-refractivity contribution in [2.24, 2.45) is 11.7 Å². The third-order valence-electron chi connectivity index (χ3n) is 3.64. The maximum absolute atomic E-state index is 11.9. The van der Waals surface area contributed by atoms with E-state index >= 15 is 0 Å². The molecule has 0 unspecified atom stereocenters. The first-order valence-corrected chi connectivity index (χ1v) is 7.80. The lowest BCUT2D eigenvalue weighted by Gasteiger charge is -2.31. The van der Waals surface area contributed by atoms with Gasteiger partial charge in [-0.3, -0.25) is 9.69 Å². The number of anilines is 1. The zero-order chi connectivity index (χ0) is 14.4. The number of aromatic nitrogens is 1. The molecular formula is C14H21BrN4O. The first-order chi connectivity index (χ1) is 9.67. The molecular weight excluding hydrogens is 320 g/mol. The summed E-state index contributed by atoms with van der Waals surface area (Å²) in [5.41, 5.74) is 5.58. The molecule has 0 aromatic carbocycles. The van der Waals surface area contributed by atoms with Gasteiger partial charge in [-0.2, -0.15) is 0 Å². The Morgan fingerprint density at radius 1 is 1.45 bits per heavy atom. The summed E-state index contributed by atoms with van der Waals surface area (Å²) in [5, 5.41) is 2.82. The van der Waals surface area contributed by atoms with Crippen molar-refractivity contribution in [2.75, 3.05) is 31.5 Å². The van der Waals surface area contributed by atoms with Crippen molar-refractivity contribution in [3.63, 3.8) is 0 Å². The summed E-state index contributed by atoms with van der Waals surface area (Å²) < 4.78 is 0.900. The van der Waals surface area contributed by atoms with Gasteiger partial charge < -0.3 is 11.1 Å². The van der Waals surface area contributed by atoms with Gasteiger partial charge in [0.1, 0.15) is 5.82 Å². The molecule has 1 aromatic heterocycles. The average molecular weight is 341 g/mol. The van der Waals surface area contributed by atoms with E-state index in [-0.39, 0.29) is 5.91 Å². The Morgan fingerprint density at radius 2 is 2.20 bits per heavy atom. The van der Waals surface area contributed by atoms with E-state index in [0.717, 1.165) is 49.3 Å². The fourth-order valence-corrected chi connectivity index (χ4v) is 2.74. The van der Waals surface area contributed by atoms with Crippen LogP contribution in [0, 0.1) is 5.92 Å². The van der Waals surface area contributed by atoms with Crippen LogP contribution < -0.4 is 11.1 Å². The number of likely N-dealkylation sites (tertiary alicyclic amines) is 1. The van der Waals surface area contributed by atoms with Crippen molar-refractivity contribution < 1.29 is 4.79 Å². The van der Waals surface area contributed by atoms with Crippen molar-refractivity contribution in [2.45, 2.75) is 19.3 Å². The van der Waals surface area contributed by atoms with E-state index in [2.05, 4.69) is 31.1 Å². The Morgan fingerprint density at radius 3 is 2.80 bits per heavy atom. The molecule has 6 heteroatoms. The van der Waals surface area contributed by atoms with Crippen LogP contribution in [0.2, 0.25) is 0 Å². The van der Waals surface area contributed by atoms with Crippen LogP contribution in [0.15, 0.2) is 22.8 Å². The number of carbonyl (C=O) groups excluding carboxylic acids is 1. The van der Waals surface area contributed by atoms with Gasteiger partial charge in [0.2, 0.25) is 5.91 Å². The fraction of sp³-hybridized carbons (Fsp3) is 0.571. The largest absolute Gasteiger partial charge is 0.330 e. The number of nitrogens with zero attached hydrogens (tertiary/aromatic N) is 2. The molecule has 1 amide bonds. The van der Waals surface area contributed by atoms with E-state index in [1.165, 1.54) is 0 Å². The van der Waals surface area contributed by atoms with Gasteiger partial charge in [-0.1, -0.05) is 0 Å². The molecule has 0 spiro atoms. The number of carbonyl (C=O) groups is 1. The number of nitrogens with one attached hydrogen (secondary N) is 1. The smallest absolute Gasteiger partial charge is 0.239 e. The minimum Gasteiger partial charge on any atom is -0.330 e. The van der Waals surface area contributed by atoms with E-state index in [1.54, 1.807) is 12.3 Å². The number of hydrogen-bond donors (Lipinski definition) is 2. The molecule has 1 saturated heterocycles. The molecule has 3 N–H and O–H groups in total. The van der Waals surface area contributed by atoms with Crippen LogP contribution in [0.3, 0.4) is 0 Å². The number of pyridine rings is 1. The fourth-order valence-electron chi connectivity index (χ4n) is 2.50. The molecule has 1 aliphatic heterocycles. The highest BCUT2D eigenvalue weighted by Gasteiger charge is 2.20. The molecule has 110 valence electrons. The quantitative estimate of drug-likeness (QED) is 0.857. The highest BCUT2D eigenvalue weighted by molar-refractivity contribution is 9.10. The van der Waals surface area contributed by atoms with Crippen molar-refractivity contribution in [3.8, 4) is 0 Å². The number of nitrogens with two attached hydrogens (primary N) is 1. The zero-order valence-corrected chi connectivity index (χ0v) is 13.1. The van der Waals surface area contributed by atoms with E-state index in [9.17, 15) is 4.79 Å². The molecule has 1 fully saturated rings. The lowest BCUT2D eigenvalue weighted by atomic mass is 9.94. The molecule has 20 heavy (non-hydrogen) atoms. The number of halogens is 1. The van der Waals surface area contributed by atoms with Crippen molar-refractivity contribution in [3.05, 3.63) is 22.8 Å². The van der Waals surface area contributed by atoms with Gasteiger partial charge in [0.05, 0.1) is 6.54 Å². The molecule has 0 radical (unpaired) electrons. The van der Waals surface area contributed by atoms with Crippen LogP contribution >= 0.6 is 15.9 Å². The van der Waals surface area contributed by atoms with Crippen LogP contribution in [0.1, 0.15) is 19.3 Å². The summed E-state index contributed by atoms with van der Waals surface area (Å²) in [5.74, 6) is 1.32. The average Bonchev–Trinajstić information content (AvgIpc) is 2.44. The second kappa shape index (κ2) is 7.71. The monoisotopic (exact) mass is 340 g/mol. The Balaban J connectivity index is 1.74. The molecule has 1 aromatic rings. The zero-order valence-electron chi connectivity index (χ0n) is 11.5. The summed E-state index contributed by atoms with van der Waals surface area (Å²) in [6.07, 6.45) is 5.05. The second-order valence-electron chi connectivity index (χ2n) is 5.21. The van der Waals surface area contributed by atoms with Gasteiger partial charge in [-0.25, -0.2) is 4.98 Å². The Hall–Kier alpha value is -0.980. The van der Waals surface area contributed by atoms with Crippen LogP contribution in [0.4, 0.5) is 5.82 Å². The Labute approximate surface area is 128 Å². The highest BCUT2D eigenvalue weighted by atomic mass is 79.9. The number of amides is 1. The van der Waals surface area contributed by atoms with Gasteiger partial charge in [0.25, 0.3) is 0 Å².